The van der Waals surface area contributed by atoms with Gasteiger partial charge in [0.1, 0.15) is 0 Å². The van der Waals surface area contributed by atoms with Gasteiger partial charge in [-0.25, -0.2) is 0 Å². The summed E-state index contributed by atoms with van der Waals surface area (Å²) in [4.78, 5) is 14.7. The summed E-state index contributed by atoms with van der Waals surface area (Å²) in [6, 6.07) is 7.78. The van der Waals surface area contributed by atoms with Crippen LogP contribution in [0.1, 0.15) is 45.0 Å². The summed E-state index contributed by atoms with van der Waals surface area (Å²) in [5.74, 6) is 0.00482. The molecule has 0 bridgehead atoms. The van der Waals surface area contributed by atoms with E-state index in [1.807, 2.05) is 63.2 Å². The molecule has 0 saturated heterocycles. The lowest BCUT2D eigenvalue weighted by Crippen LogP contribution is -2.41. The Morgan fingerprint density at radius 3 is 2.16 bits per heavy atom. The lowest BCUT2D eigenvalue weighted by atomic mass is 9.97. The minimum absolute atomic E-state index is 0.145. The summed E-state index contributed by atoms with van der Waals surface area (Å²) in [5, 5.41) is 0.197. The van der Waals surface area contributed by atoms with Crippen LogP contribution in [-0.4, -0.2) is 34.8 Å². The van der Waals surface area contributed by atoms with Crippen molar-refractivity contribution in [1.82, 2.24) is 0 Å². The second-order valence-corrected chi connectivity index (χ2v) is 13.5. The van der Waals surface area contributed by atoms with Gasteiger partial charge in [0, 0.05) is 31.3 Å². The van der Waals surface area contributed by atoms with Crippen LogP contribution in [0.15, 0.2) is 35.9 Å². The van der Waals surface area contributed by atoms with Gasteiger partial charge in [0.2, 0.25) is 0 Å². The summed E-state index contributed by atoms with van der Waals surface area (Å²) in [7, 11) is 2.23. The van der Waals surface area contributed by atoms with Crippen molar-refractivity contribution >= 4 is 19.8 Å². The average Bonchev–Trinajstić information content (AvgIpc) is 2.51. The molecule has 0 saturated carbocycles. The molecule has 0 radical (unpaired) electrons. The number of rotatable bonds is 7. The second-order valence-electron chi connectivity index (χ2n) is 8.66. The highest BCUT2D eigenvalue weighted by Crippen LogP contribution is 2.36. The minimum Gasteiger partial charge on any atom is -0.413 e. The number of nitrogens with zero attached hydrogens (tertiary/aromatic N) is 1. The number of carbonyl (C=O) groups excluding carboxylic acids is 1. The molecule has 0 aliphatic carbocycles. The Bertz CT molecular complexity index is 610. The summed E-state index contributed by atoms with van der Waals surface area (Å²) in [6.45, 7) is 15.8. The van der Waals surface area contributed by atoms with E-state index in [9.17, 15) is 4.79 Å². The Morgan fingerprint density at radius 2 is 1.72 bits per heavy atom. The van der Waals surface area contributed by atoms with Crippen LogP contribution < -0.4 is 4.90 Å². The molecule has 0 N–H and O–H groups in total. The van der Waals surface area contributed by atoms with Crippen molar-refractivity contribution in [3.8, 4) is 0 Å². The topological polar surface area (TPSA) is 29.5 Å². The molecule has 0 aliphatic heterocycles. The van der Waals surface area contributed by atoms with Gasteiger partial charge in [-0.3, -0.25) is 4.79 Å². The smallest absolute Gasteiger partial charge is 0.192 e. The molecule has 1 aromatic carbocycles. The maximum atomic E-state index is 12.6. The van der Waals surface area contributed by atoms with E-state index >= 15 is 0 Å². The number of benzene rings is 1. The summed E-state index contributed by atoms with van der Waals surface area (Å²) in [5.41, 5.74) is 2.97. The van der Waals surface area contributed by atoms with Gasteiger partial charge in [-0.05, 0) is 49.3 Å². The third kappa shape index (κ3) is 6.12. The zero-order chi connectivity index (χ0) is 19.4. The molecule has 140 valence electrons. The number of Topliss-reactive ketones (excluding diaryl/α,β-unsaturated/α-hetero) is 1. The molecule has 0 fully saturated rings. The first-order valence-corrected chi connectivity index (χ1v) is 11.9. The summed E-state index contributed by atoms with van der Waals surface area (Å²) >= 11 is 0. The second kappa shape index (κ2) is 8.32. The molecular weight excluding hydrogens is 326 g/mol. The minimum atomic E-state index is -1.76. The molecule has 4 heteroatoms. The number of allylic oxidation sites excluding steroid dienone is 1. The van der Waals surface area contributed by atoms with Gasteiger partial charge >= 0.3 is 0 Å². The molecule has 1 rings (SSSR count). The van der Waals surface area contributed by atoms with Crippen molar-refractivity contribution in [2.45, 2.75) is 52.8 Å². The highest BCUT2D eigenvalue weighted by molar-refractivity contribution is 6.74. The Morgan fingerprint density at radius 1 is 1.20 bits per heavy atom. The van der Waals surface area contributed by atoms with E-state index in [4.69, 9.17) is 4.43 Å². The molecule has 0 heterocycles. The first-order chi connectivity index (χ1) is 11.3. The van der Waals surface area contributed by atoms with Gasteiger partial charge in [0.15, 0.2) is 14.1 Å². The molecule has 1 unspecified atom stereocenters. The Balaban J connectivity index is 2.74. The Hall–Kier alpha value is -1.39. The molecular formula is C21H35NO2Si. The fraction of sp³-hybridized carbons (Fsp3) is 0.571. The van der Waals surface area contributed by atoms with Crippen LogP contribution in [0.2, 0.25) is 18.1 Å². The highest BCUT2D eigenvalue weighted by Gasteiger charge is 2.37. The largest absolute Gasteiger partial charge is 0.413 e. The third-order valence-electron chi connectivity index (χ3n) is 5.08. The maximum Gasteiger partial charge on any atom is 0.192 e. The van der Waals surface area contributed by atoms with Gasteiger partial charge in [0.05, 0.1) is 6.61 Å². The van der Waals surface area contributed by atoms with E-state index in [-0.39, 0.29) is 16.7 Å². The first kappa shape index (κ1) is 21.6. The molecule has 1 atom stereocenters. The van der Waals surface area contributed by atoms with E-state index in [2.05, 4.69) is 33.9 Å². The summed E-state index contributed by atoms with van der Waals surface area (Å²) < 4.78 is 6.24. The maximum absolute atomic E-state index is 12.6. The molecule has 0 amide bonds. The van der Waals surface area contributed by atoms with Crippen LogP contribution in [0, 0.1) is 5.92 Å². The van der Waals surface area contributed by atoms with Crippen LogP contribution in [0.3, 0.4) is 0 Å². The number of carbonyl (C=O) groups is 1. The Labute approximate surface area is 155 Å². The molecule has 25 heavy (non-hydrogen) atoms. The van der Waals surface area contributed by atoms with Crippen molar-refractivity contribution < 1.29 is 9.22 Å². The normalized spacial score (nSPS) is 14.4. The number of anilines is 1. The highest BCUT2D eigenvalue weighted by atomic mass is 28.4. The average molecular weight is 362 g/mol. The molecule has 0 spiro atoms. The van der Waals surface area contributed by atoms with Gasteiger partial charge in [-0.1, -0.05) is 39.3 Å². The van der Waals surface area contributed by atoms with Gasteiger partial charge in [0.25, 0.3) is 0 Å². The fourth-order valence-electron chi connectivity index (χ4n) is 2.25. The third-order valence-corrected chi connectivity index (χ3v) is 9.56. The van der Waals surface area contributed by atoms with E-state index in [0.717, 1.165) is 16.8 Å². The summed E-state index contributed by atoms with van der Waals surface area (Å²) in [6.07, 6.45) is 2.04. The van der Waals surface area contributed by atoms with Crippen molar-refractivity contribution in [3.63, 3.8) is 0 Å². The van der Waals surface area contributed by atoms with Crippen molar-refractivity contribution in [1.29, 1.82) is 0 Å². The van der Waals surface area contributed by atoms with Crippen molar-refractivity contribution in [2.75, 3.05) is 25.6 Å². The molecule has 1 aromatic rings. The van der Waals surface area contributed by atoms with Crippen molar-refractivity contribution in [3.05, 3.63) is 41.5 Å². The zero-order valence-corrected chi connectivity index (χ0v) is 18.4. The van der Waals surface area contributed by atoms with E-state index in [1.165, 1.54) is 0 Å². The zero-order valence-electron chi connectivity index (χ0n) is 17.4. The quantitative estimate of drug-likeness (QED) is 0.363. The fourth-order valence-corrected chi connectivity index (χ4v) is 3.27. The van der Waals surface area contributed by atoms with Gasteiger partial charge in [-0.2, -0.15) is 0 Å². The first-order valence-electron chi connectivity index (χ1n) is 8.98. The standard InChI is InChI=1S/C21H35NO2Si/c1-16(15-24-25(8,9)21(3,4)5)14-17(2)20(23)18-10-12-19(13-11-18)22(6)7/h10-14,17H,15H2,1-9H3/b16-14+. The number of hydrogen-bond acceptors (Lipinski definition) is 3. The van der Waals surface area contributed by atoms with E-state index in [1.54, 1.807) is 0 Å². The van der Waals surface area contributed by atoms with E-state index in [0.29, 0.717) is 6.61 Å². The Kier molecular flexibility index (Phi) is 7.21. The van der Waals surface area contributed by atoms with Crippen LogP contribution in [-0.2, 0) is 4.43 Å². The molecule has 0 aliphatic rings. The van der Waals surface area contributed by atoms with Crippen LogP contribution in [0.4, 0.5) is 5.69 Å². The van der Waals surface area contributed by atoms with Crippen LogP contribution >= 0.6 is 0 Å². The van der Waals surface area contributed by atoms with E-state index < -0.39 is 8.32 Å². The predicted octanol–water partition coefficient (Wildman–Crippen LogP) is 5.54. The van der Waals surface area contributed by atoms with Gasteiger partial charge < -0.3 is 9.33 Å². The monoisotopic (exact) mass is 361 g/mol. The molecule has 0 aromatic heterocycles. The SMILES string of the molecule is C/C(=C\C(C)C(=O)c1ccc(N(C)C)cc1)CO[Si](C)(C)C(C)(C)C. The molecule has 3 nitrogen and oxygen atoms in total. The lowest BCUT2D eigenvalue weighted by molar-refractivity contribution is 0.0952. The van der Waals surface area contributed by atoms with Gasteiger partial charge in [-0.15, -0.1) is 0 Å². The van der Waals surface area contributed by atoms with Crippen LogP contribution in [0.5, 0.6) is 0 Å². The number of ketones is 1. The van der Waals surface area contributed by atoms with Crippen LogP contribution in [0.25, 0.3) is 0 Å². The number of hydrogen-bond donors (Lipinski definition) is 0. The predicted molar refractivity (Wildman–Crippen MR) is 111 cm³/mol. The van der Waals surface area contributed by atoms with Crippen molar-refractivity contribution in [2.24, 2.45) is 5.92 Å². The lowest BCUT2D eigenvalue weighted by Gasteiger charge is -2.36.